The van der Waals surface area contributed by atoms with E-state index in [9.17, 15) is 4.79 Å². The number of anilines is 2. The van der Waals surface area contributed by atoms with Gasteiger partial charge in [-0.25, -0.2) is 9.78 Å². The summed E-state index contributed by atoms with van der Waals surface area (Å²) in [6, 6.07) is 20.2. The van der Waals surface area contributed by atoms with E-state index in [2.05, 4.69) is 22.3 Å². The number of rotatable bonds is 9. The standard InChI is InChI=1S/C27H32N4O3S/c1-30(26(32)34-27-12-16-31(17-13-27)18-14-27)24-23(22-10-6-3-7-11-22)35-25(29-24)28-15-19-33-20-21-8-4-2-5-9-21/h2-11H,12-20H2,1H3,(H,28,29). The maximum atomic E-state index is 13.2. The van der Waals surface area contributed by atoms with Crippen LogP contribution in [0.1, 0.15) is 24.8 Å². The van der Waals surface area contributed by atoms with Crippen molar-refractivity contribution in [2.75, 3.05) is 50.1 Å². The molecule has 0 atom stereocenters. The number of amides is 1. The molecule has 0 aliphatic carbocycles. The fourth-order valence-corrected chi connectivity index (χ4v) is 5.70. The van der Waals surface area contributed by atoms with Gasteiger partial charge in [-0.05, 0) is 11.1 Å². The van der Waals surface area contributed by atoms with Gasteiger partial charge in [-0.1, -0.05) is 72.0 Å². The molecule has 2 bridgehead atoms. The molecular weight excluding hydrogens is 460 g/mol. The van der Waals surface area contributed by atoms with Crippen molar-refractivity contribution in [3.8, 4) is 10.4 Å². The molecule has 4 heterocycles. The van der Waals surface area contributed by atoms with Crippen molar-refractivity contribution in [1.29, 1.82) is 0 Å². The monoisotopic (exact) mass is 492 g/mol. The minimum Gasteiger partial charge on any atom is -0.442 e. The largest absolute Gasteiger partial charge is 0.442 e. The third kappa shape index (κ3) is 5.66. The van der Waals surface area contributed by atoms with Crippen LogP contribution in [0, 0.1) is 0 Å². The number of hydrogen-bond acceptors (Lipinski definition) is 7. The summed E-state index contributed by atoms with van der Waals surface area (Å²) in [5, 5.41) is 4.12. The summed E-state index contributed by atoms with van der Waals surface area (Å²) in [6.45, 7) is 4.77. The molecule has 3 aliphatic rings. The zero-order valence-corrected chi connectivity index (χ0v) is 20.9. The van der Waals surface area contributed by atoms with E-state index in [1.807, 2.05) is 48.5 Å². The van der Waals surface area contributed by atoms with Crippen LogP contribution in [0.3, 0.4) is 0 Å². The Morgan fingerprint density at radius 2 is 1.71 bits per heavy atom. The zero-order valence-electron chi connectivity index (χ0n) is 20.1. The molecule has 3 saturated heterocycles. The average molecular weight is 493 g/mol. The van der Waals surface area contributed by atoms with E-state index in [0.717, 1.165) is 60.0 Å². The fourth-order valence-electron chi connectivity index (χ4n) is 4.68. The van der Waals surface area contributed by atoms with Crippen molar-refractivity contribution >= 4 is 28.4 Å². The first-order chi connectivity index (χ1) is 17.1. The molecule has 1 N–H and O–H groups in total. The summed E-state index contributed by atoms with van der Waals surface area (Å²) in [5.74, 6) is 0.614. The summed E-state index contributed by atoms with van der Waals surface area (Å²) in [4.78, 5) is 23.0. The Bertz CT molecular complexity index is 1100. The van der Waals surface area contributed by atoms with Crippen molar-refractivity contribution in [3.05, 3.63) is 66.2 Å². The van der Waals surface area contributed by atoms with Crippen molar-refractivity contribution in [3.63, 3.8) is 0 Å². The molecule has 0 unspecified atom stereocenters. The molecule has 7 nitrogen and oxygen atoms in total. The van der Waals surface area contributed by atoms with Crippen LogP contribution < -0.4 is 10.2 Å². The van der Waals surface area contributed by atoms with E-state index in [1.165, 1.54) is 11.3 Å². The van der Waals surface area contributed by atoms with E-state index in [-0.39, 0.29) is 11.7 Å². The molecule has 3 fully saturated rings. The number of piperidine rings is 3. The highest BCUT2D eigenvalue weighted by Gasteiger charge is 2.43. The van der Waals surface area contributed by atoms with E-state index in [0.29, 0.717) is 25.6 Å². The second-order valence-electron chi connectivity index (χ2n) is 9.20. The molecule has 8 heteroatoms. The van der Waals surface area contributed by atoms with Crippen molar-refractivity contribution < 1.29 is 14.3 Å². The van der Waals surface area contributed by atoms with Gasteiger partial charge in [-0.3, -0.25) is 4.90 Å². The predicted octanol–water partition coefficient (Wildman–Crippen LogP) is 5.25. The molecule has 2 aromatic carbocycles. The Kier molecular flexibility index (Phi) is 7.32. The normalized spacial score (nSPS) is 21.0. The molecule has 0 saturated carbocycles. The molecule has 1 aromatic heterocycles. The van der Waals surface area contributed by atoms with Gasteiger partial charge in [0.15, 0.2) is 10.9 Å². The van der Waals surface area contributed by atoms with Gasteiger partial charge in [0.25, 0.3) is 0 Å². The molecule has 3 aliphatic heterocycles. The Hall–Kier alpha value is -2.94. The zero-order chi connectivity index (χ0) is 24.1. The van der Waals surface area contributed by atoms with E-state index in [4.69, 9.17) is 14.5 Å². The molecule has 184 valence electrons. The lowest BCUT2D eigenvalue weighted by Gasteiger charge is -2.47. The Morgan fingerprint density at radius 1 is 1.06 bits per heavy atom. The van der Waals surface area contributed by atoms with E-state index in [1.54, 1.807) is 11.9 Å². The first kappa shape index (κ1) is 23.8. The summed E-state index contributed by atoms with van der Waals surface area (Å²) < 4.78 is 11.9. The molecule has 3 aromatic rings. The number of nitrogens with one attached hydrogen (secondary N) is 1. The minimum atomic E-state index is -0.333. The van der Waals surface area contributed by atoms with Gasteiger partial charge >= 0.3 is 6.09 Å². The number of nitrogens with zero attached hydrogens (tertiary/aromatic N) is 3. The number of thiazole rings is 1. The molecule has 0 radical (unpaired) electrons. The Balaban J connectivity index is 1.25. The van der Waals surface area contributed by atoms with Crippen molar-refractivity contribution in [2.24, 2.45) is 0 Å². The number of ether oxygens (including phenoxy) is 2. The Morgan fingerprint density at radius 3 is 2.40 bits per heavy atom. The summed E-state index contributed by atoms with van der Waals surface area (Å²) in [5.41, 5.74) is 1.84. The smallest absolute Gasteiger partial charge is 0.415 e. The topological polar surface area (TPSA) is 66.9 Å². The highest BCUT2D eigenvalue weighted by Crippen LogP contribution is 2.40. The lowest BCUT2D eigenvalue weighted by molar-refractivity contribution is -0.0760. The number of carbonyl (C=O) groups is 1. The van der Waals surface area contributed by atoms with Crippen LogP contribution in [-0.4, -0.2) is 61.4 Å². The van der Waals surface area contributed by atoms with Gasteiger partial charge in [-0.15, -0.1) is 0 Å². The number of carbonyl (C=O) groups excluding carboxylic acids is 1. The van der Waals surface area contributed by atoms with Crippen LogP contribution in [0.5, 0.6) is 0 Å². The first-order valence-corrected chi connectivity index (χ1v) is 13.0. The van der Waals surface area contributed by atoms with Gasteiger partial charge < -0.3 is 19.7 Å². The number of aromatic nitrogens is 1. The number of fused-ring (bicyclic) bond motifs is 3. The minimum absolute atomic E-state index is 0.333. The maximum absolute atomic E-state index is 13.2. The lowest BCUT2D eigenvalue weighted by Crippen LogP contribution is -2.55. The number of benzene rings is 2. The molecule has 0 spiro atoms. The average Bonchev–Trinajstić information content (AvgIpc) is 3.34. The third-order valence-electron chi connectivity index (χ3n) is 6.83. The van der Waals surface area contributed by atoms with Crippen molar-refractivity contribution in [1.82, 2.24) is 9.88 Å². The predicted molar refractivity (Wildman–Crippen MR) is 140 cm³/mol. The van der Waals surface area contributed by atoms with Gasteiger partial charge in [0, 0.05) is 52.5 Å². The second-order valence-corrected chi connectivity index (χ2v) is 10.2. The molecular formula is C27H32N4O3S. The van der Waals surface area contributed by atoms with E-state index >= 15 is 0 Å². The molecule has 35 heavy (non-hydrogen) atoms. The number of hydrogen-bond donors (Lipinski definition) is 1. The van der Waals surface area contributed by atoms with Crippen LogP contribution in [0.2, 0.25) is 0 Å². The van der Waals surface area contributed by atoms with Crippen LogP contribution in [0.15, 0.2) is 60.7 Å². The SMILES string of the molecule is CN(C(=O)OC12CCN(CC1)CC2)c1nc(NCCOCc2ccccc2)sc1-c1ccccc1. The van der Waals surface area contributed by atoms with Gasteiger partial charge in [0.1, 0.15) is 5.60 Å². The summed E-state index contributed by atoms with van der Waals surface area (Å²) in [6.07, 6.45) is 2.39. The lowest BCUT2D eigenvalue weighted by atomic mass is 9.83. The fraction of sp³-hybridized carbons (Fsp3) is 0.407. The van der Waals surface area contributed by atoms with Crippen LogP contribution in [0.4, 0.5) is 15.7 Å². The maximum Gasteiger partial charge on any atom is 0.415 e. The second kappa shape index (κ2) is 10.8. The van der Waals surface area contributed by atoms with Crippen LogP contribution >= 0.6 is 11.3 Å². The van der Waals surface area contributed by atoms with Crippen LogP contribution in [-0.2, 0) is 16.1 Å². The quantitative estimate of drug-likeness (QED) is 0.412. The van der Waals surface area contributed by atoms with Gasteiger partial charge in [0.05, 0.1) is 18.1 Å². The first-order valence-electron chi connectivity index (χ1n) is 12.2. The third-order valence-corrected chi connectivity index (χ3v) is 7.88. The van der Waals surface area contributed by atoms with E-state index < -0.39 is 0 Å². The van der Waals surface area contributed by atoms with Gasteiger partial charge in [-0.2, -0.15) is 0 Å². The Labute approximate surface area is 210 Å². The molecule has 6 rings (SSSR count). The summed E-state index contributed by atoms with van der Waals surface area (Å²) in [7, 11) is 1.76. The van der Waals surface area contributed by atoms with Crippen molar-refractivity contribution in [2.45, 2.75) is 31.5 Å². The van der Waals surface area contributed by atoms with Gasteiger partial charge in [0.2, 0.25) is 0 Å². The highest BCUT2D eigenvalue weighted by atomic mass is 32.1. The summed E-state index contributed by atoms with van der Waals surface area (Å²) >= 11 is 1.54. The molecule has 1 amide bonds. The van der Waals surface area contributed by atoms with Crippen LogP contribution in [0.25, 0.3) is 10.4 Å². The highest BCUT2D eigenvalue weighted by molar-refractivity contribution is 7.19.